The van der Waals surface area contributed by atoms with E-state index in [-0.39, 0.29) is 0 Å². The molecule has 0 aromatic carbocycles. The Bertz CT molecular complexity index is 169. The second-order valence-corrected chi connectivity index (χ2v) is 4.31. The summed E-state index contributed by atoms with van der Waals surface area (Å²) in [6.07, 6.45) is 3.15. The Balaban J connectivity index is 2.06. The van der Waals surface area contributed by atoms with Gasteiger partial charge < -0.3 is 9.84 Å². The van der Waals surface area contributed by atoms with Gasteiger partial charge in [-0.1, -0.05) is 20.3 Å². The SMILES string of the molecule is CCC1C(C)CC2OC(O)CC21. The summed E-state index contributed by atoms with van der Waals surface area (Å²) in [5.41, 5.74) is 0. The quantitative estimate of drug-likeness (QED) is 0.650. The number of hydrogen-bond acceptors (Lipinski definition) is 2. The summed E-state index contributed by atoms with van der Waals surface area (Å²) in [5.74, 6) is 2.21. The topological polar surface area (TPSA) is 29.5 Å². The lowest BCUT2D eigenvalue weighted by Crippen LogP contribution is -2.14. The molecule has 2 heteroatoms. The Labute approximate surface area is 73.9 Å². The van der Waals surface area contributed by atoms with Gasteiger partial charge in [0.2, 0.25) is 0 Å². The van der Waals surface area contributed by atoms with E-state index in [1.54, 1.807) is 0 Å². The first kappa shape index (κ1) is 8.52. The van der Waals surface area contributed by atoms with Crippen LogP contribution in [0.3, 0.4) is 0 Å². The lowest BCUT2D eigenvalue weighted by Gasteiger charge is -2.18. The Morgan fingerprint density at radius 3 is 2.83 bits per heavy atom. The Kier molecular flexibility index (Phi) is 2.13. The molecule has 2 rings (SSSR count). The smallest absolute Gasteiger partial charge is 0.155 e. The lowest BCUT2D eigenvalue weighted by molar-refractivity contribution is -0.0922. The molecule has 0 radical (unpaired) electrons. The molecule has 5 unspecified atom stereocenters. The maximum Gasteiger partial charge on any atom is 0.155 e. The summed E-state index contributed by atoms with van der Waals surface area (Å²) >= 11 is 0. The molecule has 1 N–H and O–H groups in total. The number of ether oxygens (including phenoxy) is 1. The molecule has 0 spiro atoms. The van der Waals surface area contributed by atoms with Crippen molar-refractivity contribution in [2.75, 3.05) is 0 Å². The van der Waals surface area contributed by atoms with Gasteiger partial charge in [-0.15, -0.1) is 0 Å². The number of rotatable bonds is 1. The third-order valence-corrected chi connectivity index (χ3v) is 3.64. The van der Waals surface area contributed by atoms with Crippen molar-refractivity contribution in [2.24, 2.45) is 17.8 Å². The molecule has 2 nitrogen and oxygen atoms in total. The molecule has 70 valence electrons. The van der Waals surface area contributed by atoms with Crippen LogP contribution in [0, 0.1) is 17.8 Å². The highest BCUT2D eigenvalue weighted by atomic mass is 16.6. The monoisotopic (exact) mass is 170 g/mol. The van der Waals surface area contributed by atoms with Crippen LogP contribution in [-0.2, 0) is 4.74 Å². The van der Waals surface area contributed by atoms with Crippen molar-refractivity contribution in [1.29, 1.82) is 0 Å². The fraction of sp³-hybridized carbons (Fsp3) is 1.00. The zero-order valence-electron chi connectivity index (χ0n) is 7.86. The van der Waals surface area contributed by atoms with Crippen molar-refractivity contribution in [3.05, 3.63) is 0 Å². The molecule has 0 bridgehead atoms. The number of fused-ring (bicyclic) bond motifs is 1. The molecule has 0 aromatic heterocycles. The number of aliphatic hydroxyl groups is 1. The van der Waals surface area contributed by atoms with Crippen molar-refractivity contribution in [3.8, 4) is 0 Å². The molecule has 2 fully saturated rings. The van der Waals surface area contributed by atoms with Gasteiger partial charge in [0.1, 0.15) is 0 Å². The van der Waals surface area contributed by atoms with Crippen LogP contribution in [0.4, 0.5) is 0 Å². The van der Waals surface area contributed by atoms with Crippen LogP contribution in [0.1, 0.15) is 33.1 Å². The van der Waals surface area contributed by atoms with Crippen LogP contribution in [0.15, 0.2) is 0 Å². The predicted octanol–water partition coefficient (Wildman–Crippen LogP) is 1.78. The third kappa shape index (κ3) is 1.17. The fourth-order valence-electron chi connectivity index (χ4n) is 3.09. The van der Waals surface area contributed by atoms with Crippen LogP contribution in [0.2, 0.25) is 0 Å². The zero-order chi connectivity index (χ0) is 8.72. The number of hydrogen-bond donors (Lipinski definition) is 1. The minimum Gasteiger partial charge on any atom is -0.368 e. The van der Waals surface area contributed by atoms with Crippen LogP contribution >= 0.6 is 0 Å². The zero-order valence-corrected chi connectivity index (χ0v) is 7.86. The molecule has 5 atom stereocenters. The van der Waals surface area contributed by atoms with Crippen LogP contribution in [0.25, 0.3) is 0 Å². The van der Waals surface area contributed by atoms with Gasteiger partial charge >= 0.3 is 0 Å². The van der Waals surface area contributed by atoms with E-state index >= 15 is 0 Å². The molecule has 1 heterocycles. The first-order valence-electron chi connectivity index (χ1n) is 5.06. The Morgan fingerprint density at radius 1 is 1.42 bits per heavy atom. The van der Waals surface area contributed by atoms with Crippen molar-refractivity contribution in [1.82, 2.24) is 0 Å². The third-order valence-electron chi connectivity index (χ3n) is 3.64. The average molecular weight is 170 g/mol. The predicted molar refractivity (Wildman–Crippen MR) is 46.5 cm³/mol. The molecule has 2 aliphatic rings. The van der Waals surface area contributed by atoms with Gasteiger partial charge in [0, 0.05) is 6.42 Å². The molecule has 0 aromatic rings. The summed E-state index contributed by atoms with van der Waals surface area (Å²) in [4.78, 5) is 0. The van der Waals surface area contributed by atoms with E-state index in [1.807, 2.05) is 0 Å². The van der Waals surface area contributed by atoms with E-state index in [0.717, 1.165) is 24.7 Å². The molecule has 1 saturated heterocycles. The molecule has 1 aliphatic carbocycles. The maximum atomic E-state index is 9.31. The standard InChI is InChI=1S/C10H18O2/c1-3-7-6(2)4-9-8(7)5-10(11)12-9/h6-11H,3-5H2,1-2H3. The summed E-state index contributed by atoms with van der Waals surface area (Å²) < 4.78 is 5.44. The minimum atomic E-state index is -0.471. The first-order chi connectivity index (χ1) is 5.72. The maximum absolute atomic E-state index is 9.31. The fourth-order valence-corrected chi connectivity index (χ4v) is 3.09. The largest absolute Gasteiger partial charge is 0.368 e. The van der Waals surface area contributed by atoms with E-state index in [0.29, 0.717) is 12.0 Å². The average Bonchev–Trinajstić information content (AvgIpc) is 2.43. The molecule has 1 saturated carbocycles. The van der Waals surface area contributed by atoms with Crippen LogP contribution in [-0.4, -0.2) is 17.5 Å². The highest BCUT2D eigenvalue weighted by molar-refractivity contribution is 4.93. The van der Waals surface area contributed by atoms with E-state index in [2.05, 4.69) is 13.8 Å². The summed E-state index contributed by atoms with van der Waals surface area (Å²) in [6.45, 7) is 4.55. The Morgan fingerprint density at radius 2 is 2.17 bits per heavy atom. The van der Waals surface area contributed by atoms with Crippen molar-refractivity contribution < 1.29 is 9.84 Å². The first-order valence-corrected chi connectivity index (χ1v) is 5.06. The molecule has 0 amide bonds. The Hall–Kier alpha value is -0.0800. The van der Waals surface area contributed by atoms with Crippen molar-refractivity contribution in [2.45, 2.75) is 45.5 Å². The summed E-state index contributed by atoms with van der Waals surface area (Å²) in [7, 11) is 0. The van der Waals surface area contributed by atoms with Crippen molar-refractivity contribution in [3.63, 3.8) is 0 Å². The molecule has 1 aliphatic heterocycles. The second-order valence-electron chi connectivity index (χ2n) is 4.31. The molecular formula is C10H18O2. The van der Waals surface area contributed by atoms with Crippen LogP contribution < -0.4 is 0 Å². The second kappa shape index (κ2) is 3.00. The van der Waals surface area contributed by atoms with Gasteiger partial charge in [-0.25, -0.2) is 0 Å². The number of aliphatic hydroxyl groups excluding tert-OH is 1. The highest BCUT2D eigenvalue weighted by Gasteiger charge is 2.46. The van der Waals surface area contributed by atoms with Gasteiger partial charge in [-0.3, -0.25) is 0 Å². The van der Waals surface area contributed by atoms with E-state index < -0.39 is 6.29 Å². The van der Waals surface area contributed by atoms with Gasteiger partial charge in [0.15, 0.2) is 6.29 Å². The van der Waals surface area contributed by atoms with Gasteiger partial charge in [0.25, 0.3) is 0 Å². The van der Waals surface area contributed by atoms with Gasteiger partial charge in [0.05, 0.1) is 6.10 Å². The van der Waals surface area contributed by atoms with Gasteiger partial charge in [-0.2, -0.15) is 0 Å². The molecular weight excluding hydrogens is 152 g/mol. The van der Waals surface area contributed by atoms with E-state index in [4.69, 9.17) is 4.74 Å². The van der Waals surface area contributed by atoms with Crippen molar-refractivity contribution >= 4 is 0 Å². The highest BCUT2D eigenvalue weighted by Crippen LogP contribution is 2.46. The molecule has 12 heavy (non-hydrogen) atoms. The van der Waals surface area contributed by atoms with Gasteiger partial charge in [-0.05, 0) is 24.2 Å². The van der Waals surface area contributed by atoms with E-state index in [9.17, 15) is 5.11 Å². The minimum absolute atomic E-state index is 0.361. The normalized spacial score (nSPS) is 52.8. The summed E-state index contributed by atoms with van der Waals surface area (Å²) in [6, 6.07) is 0. The van der Waals surface area contributed by atoms with Crippen LogP contribution in [0.5, 0.6) is 0 Å². The lowest BCUT2D eigenvalue weighted by atomic mass is 9.86. The summed E-state index contributed by atoms with van der Waals surface area (Å²) in [5, 5.41) is 9.31. The van der Waals surface area contributed by atoms with E-state index in [1.165, 1.54) is 6.42 Å².